The van der Waals surface area contributed by atoms with E-state index in [0.29, 0.717) is 13.0 Å². The molecule has 0 aromatic heterocycles. The molecule has 0 bridgehead atoms. The molecule has 0 heterocycles. The fraction of sp³-hybridized carbons (Fsp3) is 0.538. The lowest BCUT2D eigenvalue weighted by atomic mass is 10.1. The number of aliphatic hydroxyl groups is 1. The summed E-state index contributed by atoms with van der Waals surface area (Å²) in [5.74, 6) is 0.195. The van der Waals surface area contributed by atoms with Gasteiger partial charge in [-0.2, -0.15) is 0 Å². The van der Waals surface area contributed by atoms with Gasteiger partial charge in [-0.25, -0.2) is 0 Å². The summed E-state index contributed by atoms with van der Waals surface area (Å²) in [4.78, 5) is 0. The van der Waals surface area contributed by atoms with Crippen LogP contribution in [-0.4, -0.2) is 37.8 Å². The largest absolute Gasteiger partial charge is 0.404 e. The van der Waals surface area contributed by atoms with Gasteiger partial charge in [0.25, 0.3) is 8.32 Å². The van der Waals surface area contributed by atoms with E-state index < -0.39 is 8.32 Å². The minimum Gasteiger partial charge on any atom is -0.404 e. The maximum Gasteiger partial charge on any atom is 0.261 e. The van der Waals surface area contributed by atoms with Crippen LogP contribution in [-0.2, 0) is 9.16 Å². The molecule has 0 radical (unpaired) electrons. The van der Waals surface area contributed by atoms with Crippen LogP contribution >= 0.6 is 0 Å². The van der Waals surface area contributed by atoms with Crippen molar-refractivity contribution in [2.75, 3.05) is 6.61 Å². The molecule has 0 spiro atoms. The highest BCUT2D eigenvalue weighted by Gasteiger charge is 2.53. The summed E-state index contributed by atoms with van der Waals surface area (Å²) in [6, 6.07) is 21.4. The van der Waals surface area contributed by atoms with E-state index in [4.69, 9.17) is 9.16 Å². The van der Waals surface area contributed by atoms with Crippen molar-refractivity contribution in [2.45, 2.75) is 77.2 Å². The van der Waals surface area contributed by atoms with Crippen molar-refractivity contribution in [3.05, 3.63) is 60.7 Å². The number of hydrogen-bond acceptors (Lipinski definition) is 3. The molecule has 30 heavy (non-hydrogen) atoms. The number of rotatable bonds is 6. The molecule has 4 heteroatoms. The second kappa shape index (κ2) is 8.95. The molecule has 1 saturated carbocycles. The third-order valence-electron chi connectivity index (χ3n) is 6.08. The van der Waals surface area contributed by atoms with Gasteiger partial charge in [-0.15, -0.1) is 0 Å². The van der Waals surface area contributed by atoms with E-state index >= 15 is 0 Å². The maximum absolute atomic E-state index is 10.5. The predicted molar refractivity (Wildman–Crippen MR) is 127 cm³/mol. The van der Waals surface area contributed by atoms with Gasteiger partial charge < -0.3 is 14.3 Å². The van der Waals surface area contributed by atoms with E-state index in [2.05, 4.69) is 102 Å². The van der Waals surface area contributed by atoms with E-state index in [-0.39, 0.29) is 28.8 Å². The maximum atomic E-state index is 10.5. The second-order valence-electron chi connectivity index (χ2n) is 10.6. The molecule has 0 amide bonds. The van der Waals surface area contributed by atoms with Gasteiger partial charge in [0.05, 0.1) is 24.4 Å². The Bertz CT molecular complexity index is 753. The van der Waals surface area contributed by atoms with E-state index in [9.17, 15) is 5.11 Å². The van der Waals surface area contributed by atoms with Gasteiger partial charge in [0.2, 0.25) is 0 Å². The van der Waals surface area contributed by atoms with Crippen LogP contribution in [0.2, 0.25) is 5.04 Å². The van der Waals surface area contributed by atoms with Crippen molar-refractivity contribution in [1.29, 1.82) is 0 Å². The summed E-state index contributed by atoms with van der Waals surface area (Å²) in [7, 11) is -2.63. The standard InChI is InChI=1S/C26H38O3Si/c1-25(2,3)28-19-20-17-21(27)18-24(20)29-30(26(4,5)6,22-13-9-7-10-14-22)23-15-11-8-12-16-23/h7-16,20-21,24,27H,17-19H2,1-6H3/t20-,21-,24+/m1/s1. The zero-order valence-electron chi connectivity index (χ0n) is 19.4. The van der Waals surface area contributed by atoms with Gasteiger partial charge in [-0.3, -0.25) is 0 Å². The summed E-state index contributed by atoms with van der Waals surface area (Å²) in [6.07, 6.45) is 1.05. The Morgan fingerprint density at radius 3 is 1.77 bits per heavy atom. The Kier molecular flexibility index (Phi) is 6.93. The first-order valence-corrected chi connectivity index (χ1v) is 13.0. The number of hydrogen-bond donors (Lipinski definition) is 1. The zero-order chi connectivity index (χ0) is 22.0. The molecule has 164 valence electrons. The van der Waals surface area contributed by atoms with Gasteiger partial charge in [-0.05, 0) is 49.0 Å². The average Bonchev–Trinajstić information content (AvgIpc) is 3.03. The fourth-order valence-electron chi connectivity index (χ4n) is 4.65. The molecule has 0 saturated heterocycles. The van der Waals surface area contributed by atoms with Gasteiger partial charge in [0, 0.05) is 5.92 Å². The molecule has 1 fully saturated rings. The summed E-state index contributed by atoms with van der Waals surface area (Å²) >= 11 is 0. The average molecular weight is 427 g/mol. The number of benzene rings is 2. The summed E-state index contributed by atoms with van der Waals surface area (Å²) in [5, 5.41) is 13.0. The lowest BCUT2D eigenvalue weighted by molar-refractivity contribution is -0.0386. The van der Waals surface area contributed by atoms with Crippen LogP contribution < -0.4 is 10.4 Å². The molecule has 3 atom stereocenters. The van der Waals surface area contributed by atoms with Crippen molar-refractivity contribution in [3.8, 4) is 0 Å². The van der Waals surface area contributed by atoms with E-state index in [1.807, 2.05) is 0 Å². The lowest BCUT2D eigenvalue weighted by Crippen LogP contribution is -2.68. The van der Waals surface area contributed by atoms with Crippen molar-refractivity contribution >= 4 is 18.7 Å². The predicted octanol–water partition coefficient (Wildman–Crippen LogP) is 4.52. The van der Waals surface area contributed by atoms with Gasteiger partial charge in [0.1, 0.15) is 0 Å². The van der Waals surface area contributed by atoms with Crippen LogP contribution in [0.4, 0.5) is 0 Å². The quantitative estimate of drug-likeness (QED) is 0.691. The van der Waals surface area contributed by atoms with Crippen LogP contribution in [0.5, 0.6) is 0 Å². The van der Waals surface area contributed by atoms with Crippen molar-refractivity contribution in [3.63, 3.8) is 0 Å². The summed E-state index contributed by atoms with van der Waals surface area (Å²) in [5.41, 5.74) is -0.199. The molecule has 0 aliphatic heterocycles. The lowest BCUT2D eigenvalue weighted by Gasteiger charge is -2.45. The highest BCUT2D eigenvalue weighted by atomic mass is 28.4. The molecule has 0 unspecified atom stereocenters. The third kappa shape index (κ3) is 5.05. The van der Waals surface area contributed by atoms with Crippen molar-refractivity contribution in [2.24, 2.45) is 5.92 Å². The van der Waals surface area contributed by atoms with Crippen LogP contribution in [0.1, 0.15) is 54.4 Å². The Hall–Kier alpha value is -1.46. The second-order valence-corrected chi connectivity index (χ2v) is 14.9. The first-order chi connectivity index (χ1) is 14.0. The highest BCUT2D eigenvalue weighted by molar-refractivity contribution is 6.99. The Morgan fingerprint density at radius 1 is 0.833 bits per heavy atom. The van der Waals surface area contributed by atoms with Gasteiger partial charge >= 0.3 is 0 Å². The zero-order valence-corrected chi connectivity index (χ0v) is 20.4. The summed E-state index contributed by atoms with van der Waals surface area (Å²) in [6.45, 7) is 13.7. The van der Waals surface area contributed by atoms with Crippen LogP contribution in [0.15, 0.2) is 60.7 Å². The number of ether oxygens (including phenoxy) is 1. The third-order valence-corrected chi connectivity index (χ3v) is 11.1. The molecule has 3 nitrogen and oxygen atoms in total. The highest BCUT2D eigenvalue weighted by Crippen LogP contribution is 2.41. The Labute approximate surface area is 183 Å². The Balaban J connectivity index is 2.04. The smallest absolute Gasteiger partial charge is 0.261 e. The van der Waals surface area contributed by atoms with Gasteiger partial charge in [-0.1, -0.05) is 81.4 Å². The monoisotopic (exact) mass is 426 g/mol. The van der Waals surface area contributed by atoms with Crippen molar-refractivity contribution < 1.29 is 14.3 Å². The van der Waals surface area contributed by atoms with E-state index in [1.54, 1.807) is 0 Å². The van der Waals surface area contributed by atoms with Crippen LogP contribution in [0.25, 0.3) is 0 Å². The summed E-state index contributed by atoms with van der Waals surface area (Å²) < 4.78 is 13.4. The normalized spacial score (nSPS) is 23.0. The fourth-order valence-corrected chi connectivity index (χ4v) is 9.41. The molecular weight excluding hydrogens is 388 g/mol. The Morgan fingerprint density at radius 2 is 1.33 bits per heavy atom. The molecule has 2 aromatic carbocycles. The molecule has 1 N–H and O–H groups in total. The van der Waals surface area contributed by atoms with Crippen molar-refractivity contribution in [1.82, 2.24) is 0 Å². The molecule has 1 aliphatic rings. The first kappa shape index (κ1) is 23.2. The molecular formula is C26H38O3Si. The SMILES string of the molecule is CC(C)(C)OC[C@H]1C[C@@H](O)C[C@@H]1O[Si](c1ccccc1)(c1ccccc1)C(C)(C)C. The molecule has 2 aromatic rings. The minimum atomic E-state index is -2.63. The van der Waals surface area contributed by atoms with Crippen LogP contribution in [0, 0.1) is 5.92 Å². The molecule has 1 aliphatic carbocycles. The molecule has 3 rings (SSSR count). The van der Waals surface area contributed by atoms with Gasteiger partial charge in [0.15, 0.2) is 0 Å². The minimum absolute atomic E-state index is 0.0198. The van der Waals surface area contributed by atoms with E-state index in [1.165, 1.54) is 10.4 Å². The first-order valence-electron chi connectivity index (χ1n) is 11.1. The topological polar surface area (TPSA) is 38.7 Å². The number of aliphatic hydroxyl groups excluding tert-OH is 1. The van der Waals surface area contributed by atoms with E-state index in [0.717, 1.165) is 6.42 Å². The van der Waals surface area contributed by atoms with Crippen LogP contribution in [0.3, 0.4) is 0 Å².